The van der Waals surface area contributed by atoms with Crippen molar-refractivity contribution in [2.75, 3.05) is 18.6 Å². The fraction of sp³-hybridized carbons (Fsp3) is 0.312. The van der Waals surface area contributed by atoms with Crippen LogP contribution in [0.3, 0.4) is 0 Å². The Balaban J connectivity index is 2.11. The predicted molar refractivity (Wildman–Crippen MR) is 78.0 cm³/mol. The van der Waals surface area contributed by atoms with Crippen LogP contribution in [0, 0.1) is 11.3 Å². The van der Waals surface area contributed by atoms with Crippen molar-refractivity contribution in [2.24, 2.45) is 0 Å². The maximum absolute atomic E-state index is 11.9. The molecule has 0 aromatic rings. The fourth-order valence-electron chi connectivity index (χ4n) is 2.86. The monoisotopic (exact) mass is 281 g/mol. The highest BCUT2D eigenvalue weighted by molar-refractivity contribution is 5.84. The number of carbonyl (C=O) groups is 1. The number of fused-ring (bicyclic) bond motifs is 1. The number of carbonyl (C=O) groups excluding carboxylic acids is 1. The van der Waals surface area contributed by atoms with Crippen LogP contribution in [-0.4, -0.2) is 30.6 Å². The van der Waals surface area contributed by atoms with E-state index in [4.69, 9.17) is 4.74 Å². The third-order valence-corrected chi connectivity index (χ3v) is 3.84. The lowest BCUT2D eigenvalue weighted by Gasteiger charge is -2.22. The number of nitriles is 1. The Morgan fingerprint density at radius 3 is 3.00 bits per heavy atom. The van der Waals surface area contributed by atoms with Gasteiger partial charge in [-0.2, -0.15) is 5.26 Å². The Morgan fingerprint density at radius 2 is 2.24 bits per heavy atom. The molecule has 1 fully saturated rings. The van der Waals surface area contributed by atoms with Gasteiger partial charge in [0.05, 0.1) is 12.8 Å². The number of esters is 1. The number of hydrogen-bond donors (Lipinski definition) is 0. The lowest BCUT2D eigenvalue weighted by Crippen LogP contribution is -2.37. The van der Waals surface area contributed by atoms with Crippen LogP contribution in [-0.2, 0) is 9.53 Å². The number of methoxy groups -OCH3 is 1. The van der Waals surface area contributed by atoms with Crippen LogP contribution in [0.25, 0.3) is 11.3 Å². The van der Waals surface area contributed by atoms with Crippen molar-refractivity contribution in [1.82, 2.24) is 4.98 Å². The van der Waals surface area contributed by atoms with Crippen molar-refractivity contribution in [3.05, 3.63) is 35.9 Å². The summed E-state index contributed by atoms with van der Waals surface area (Å²) in [5.74, 6) is 0.320. The minimum absolute atomic E-state index is 0.269. The van der Waals surface area contributed by atoms with Crippen LogP contribution >= 0.6 is 0 Å². The zero-order valence-corrected chi connectivity index (χ0v) is 11.7. The van der Waals surface area contributed by atoms with Crippen molar-refractivity contribution >= 4 is 11.8 Å². The van der Waals surface area contributed by atoms with E-state index in [0.29, 0.717) is 17.9 Å². The van der Waals surface area contributed by atoms with E-state index < -0.39 is 0 Å². The molecule has 0 N–H and O–H groups in total. The van der Waals surface area contributed by atoms with Crippen molar-refractivity contribution < 1.29 is 9.53 Å². The molecule has 1 aliphatic carbocycles. The van der Waals surface area contributed by atoms with Crippen LogP contribution in [0.2, 0.25) is 0 Å². The molecule has 0 bridgehead atoms. The summed E-state index contributed by atoms with van der Waals surface area (Å²) in [6.45, 7) is 0.712. The fourth-order valence-corrected chi connectivity index (χ4v) is 2.86. The first-order valence-electron chi connectivity index (χ1n) is 6.89. The second kappa shape index (κ2) is 5.41. The molecule has 0 saturated carbocycles. The highest BCUT2D eigenvalue weighted by Crippen LogP contribution is 2.36. The van der Waals surface area contributed by atoms with E-state index in [1.165, 1.54) is 7.11 Å². The molecule has 2 aliphatic heterocycles. The van der Waals surface area contributed by atoms with E-state index in [1.54, 1.807) is 0 Å². The summed E-state index contributed by atoms with van der Waals surface area (Å²) in [5.41, 5.74) is 2.10. The summed E-state index contributed by atoms with van der Waals surface area (Å²) in [6, 6.07) is 11.3. The van der Waals surface area contributed by atoms with Crippen molar-refractivity contribution in [3.8, 4) is 17.3 Å². The number of hydrogen-bond acceptors (Lipinski definition) is 5. The van der Waals surface area contributed by atoms with E-state index in [2.05, 4.69) is 11.1 Å². The highest BCUT2D eigenvalue weighted by Gasteiger charge is 2.35. The van der Waals surface area contributed by atoms with Crippen LogP contribution in [0.15, 0.2) is 30.3 Å². The SMILES string of the molecule is COC(=O)C1CCCN1c1nc2cccccc-2c1C#N. The number of anilines is 1. The van der Waals surface area contributed by atoms with Gasteiger partial charge in [-0.25, -0.2) is 9.78 Å². The van der Waals surface area contributed by atoms with Gasteiger partial charge in [0.2, 0.25) is 0 Å². The molecule has 0 spiro atoms. The molecular formula is C16H15N3O2. The van der Waals surface area contributed by atoms with E-state index in [-0.39, 0.29) is 12.0 Å². The lowest BCUT2D eigenvalue weighted by molar-refractivity contribution is -0.141. The molecule has 21 heavy (non-hydrogen) atoms. The van der Waals surface area contributed by atoms with Gasteiger partial charge in [-0.1, -0.05) is 24.3 Å². The maximum atomic E-state index is 11.9. The van der Waals surface area contributed by atoms with Crippen LogP contribution < -0.4 is 4.90 Å². The van der Waals surface area contributed by atoms with Gasteiger partial charge in [0.15, 0.2) is 0 Å². The average molecular weight is 281 g/mol. The maximum Gasteiger partial charge on any atom is 0.328 e. The first-order chi connectivity index (χ1) is 10.3. The van der Waals surface area contributed by atoms with Crippen LogP contribution in [0.4, 0.5) is 5.82 Å². The molecule has 0 aromatic heterocycles. The molecule has 1 saturated heterocycles. The molecule has 1 atom stereocenters. The molecule has 1 unspecified atom stereocenters. The normalized spacial score (nSPS) is 17.7. The average Bonchev–Trinajstić information content (AvgIpc) is 3.04. The summed E-state index contributed by atoms with van der Waals surface area (Å²) >= 11 is 0. The molecule has 0 radical (unpaired) electrons. The molecule has 3 aliphatic rings. The minimum atomic E-state index is -0.347. The molecule has 3 rings (SSSR count). The van der Waals surface area contributed by atoms with E-state index >= 15 is 0 Å². The Kier molecular flexibility index (Phi) is 3.44. The van der Waals surface area contributed by atoms with Crippen molar-refractivity contribution in [2.45, 2.75) is 18.9 Å². The highest BCUT2D eigenvalue weighted by atomic mass is 16.5. The van der Waals surface area contributed by atoms with Gasteiger partial charge in [-0.15, -0.1) is 0 Å². The number of ether oxygens (including phenoxy) is 1. The molecular weight excluding hydrogens is 266 g/mol. The van der Waals surface area contributed by atoms with Crippen LogP contribution in [0.5, 0.6) is 0 Å². The smallest absolute Gasteiger partial charge is 0.328 e. The quantitative estimate of drug-likeness (QED) is 0.789. The Morgan fingerprint density at radius 1 is 1.43 bits per heavy atom. The van der Waals surface area contributed by atoms with Crippen LogP contribution in [0.1, 0.15) is 18.4 Å². The summed E-state index contributed by atoms with van der Waals surface area (Å²) in [6.07, 6.45) is 1.62. The van der Waals surface area contributed by atoms with Gasteiger partial charge in [0.1, 0.15) is 23.5 Å². The third kappa shape index (κ3) is 2.19. The molecule has 0 amide bonds. The first-order valence-corrected chi connectivity index (χ1v) is 6.89. The Labute approximate surface area is 123 Å². The zero-order valence-electron chi connectivity index (χ0n) is 11.7. The second-order valence-corrected chi connectivity index (χ2v) is 5.01. The predicted octanol–water partition coefficient (Wildman–Crippen LogP) is 2.20. The van der Waals surface area contributed by atoms with Crippen molar-refractivity contribution in [1.29, 1.82) is 5.26 Å². The third-order valence-electron chi connectivity index (χ3n) is 3.84. The van der Waals surface area contributed by atoms with E-state index in [0.717, 1.165) is 24.1 Å². The number of rotatable bonds is 2. The van der Waals surface area contributed by atoms with Gasteiger partial charge in [-0.3, -0.25) is 0 Å². The first kappa shape index (κ1) is 13.4. The largest absolute Gasteiger partial charge is 0.467 e. The van der Waals surface area contributed by atoms with Gasteiger partial charge in [-0.05, 0) is 18.9 Å². The molecule has 2 heterocycles. The number of nitrogens with zero attached hydrogens (tertiary/aromatic N) is 3. The van der Waals surface area contributed by atoms with Gasteiger partial charge in [0.25, 0.3) is 0 Å². The zero-order chi connectivity index (χ0) is 14.8. The minimum Gasteiger partial charge on any atom is -0.467 e. The molecule has 0 aromatic carbocycles. The summed E-state index contributed by atoms with van der Waals surface area (Å²) in [7, 11) is 1.39. The van der Waals surface area contributed by atoms with Crippen molar-refractivity contribution in [3.63, 3.8) is 0 Å². The Bertz CT molecular complexity index is 692. The molecule has 106 valence electrons. The number of aromatic nitrogens is 1. The second-order valence-electron chi connectivity index (χ2n) is 5.01. The molecule has 5 nitrogen and oxygen atoms in total. The summed E-state index contributed by atoms with van der Waals surface area (Å²) in [5, 5.41) is 9.50. The topological polar surface area (TPSA) is 66.2 Å². The van der Waals surface area contributed by atoms with Gasteiger partial charge >= 0.3 is 5.97 Å². The van der Waals surface area contributed by atoms with E-state index in [1.807, 2.05) is 35.2 Å². The van der Waals surface area contributed by atoms with Gasteiger partial charge in [0, 0.05) is 12.1 Å². The lowest BCUT2D eigenvalue weighted by atomic mass is 10.1. The standard InChI is InChI=1S/C16H15N3O2/c1-21-16(20)14-8-5-9-19(14)15-12(10-17)11-6-3-2-4-7-13(11)18-15/h2-4,6-7,14H,5,8-9H2,1H3. The Hall–Kier alpha value is -2.61. The molecule has 5 heteroatoms. The summed E-state index contributed by atoms with van der Waals surface area (Å²) in [4.78, 5) is 18.3. The van der Waals surface area contributed by atoms with Gasteiger partial charge < -0.3 is 9.64 Å². The summed E-state index contributed by atoms with van der Waals surface area (Å²) < 4.78 is 4.86. The van der Waals surface area contributed by atoms with E-state index in [9.17, 15) is 10.1 Å².